The van der Waals surface area contributed by atoms with E-state index >= 15 is 0 Å². The molecule has 3 amide bonds. The molecule has 0 radical (unpaired) electrons. The summed E-state index contributed by atoms with van der Waals surface area (Å²) in [5.41, 5.74) is 0.808. The molecule has 30 heavy (non-hydrogen) atoms. The van der Waals surface area contributed by atoms with Gasteiger partial charge in [0.1, 0.15) is 0 Å². The molecule has 2 aromatic carbocycles. The molecule has 0 aromatic heterocycles. The molecule has 1 aliphatic heterocycles. The normalized spacial score (nSPS) is 21.1. The first-order valence-corrected chi connectivity index (χ1v) is 11.1. The Hall–Kier alpha value is -2.86. The standard InChI is InChI=1S/C24H24N2O3S/c27-22-13-14-23(28)26(22)16-17-9-11-18(12-10-17)24(29)25-19-5-4-8-21(15-19)30-20-6-2-1-3-7-20/h1-8,13-15,17-18H,9-12,16H2,(H,25,29). The van der Waals surface area contributed by atoms with Gasteiger partial charge in [-0.15, -0.1) is 0 Å². The molecular weight excluding hydrogens is 396 g/mol. The van der Waals surface area contributed by atoms with Crippen LogP contribution in [-0.2, 0) is 14.4 Å². The summed E-state index contributed by atoms with van der Waals surface area (Å²) in [4.78, 5) is 39.7. The van der Waals surface area contributed by atoms with E-state index in [9.17, 15) is 14.4 Å². The molecule has 6 heteroatoms. The third kappa shape index (κ3) is 5.00. The molecule has 0 bridgehead atoms. The maximum absolute atomic E-state index is 12.7. The number of amides is 3. The van der Waals surface area contributed by atoms with Crippen molar-refractivity contribution in [3.05, 3.63) is 66.7 Å². The zero-order valence-electron chi connectivity index (χ0n) is 16.6. The van der Waals surface area contributed by atoms with Crippen molar-refractivity contribution in [1.82, 2.24) is 4.90 Å². The molecule has 2 aliphatic rings. The number of carbonyl (C=O) groups is 3. The first-order valence-electron chi connectivity index (χ1n) is 10.3. The third-order valence-corrected chi connectivity index (χ3v) is 6.64. The summed E-state index contributed by atoms with van der Waals surface area (Å²) >= 11 is 1.66. The highest BCUT2D eigenvalue weighted by atomic mass is 32.2. The van der Waals surface area contributed by atoms with Crippen LogP contribution in [0, 0.1) is 11.8 Å². The lowest BCUT2D eigenvalue weighted by atomic mass is 9.81. The second kappa shape index (κ2) is 9.30. The Balaban J connectivity index is 1.28. The van der Waals surface area contributed by atoms with E-state index < -0.39 is 0 Å². The average Bonchev–Trinajstić information content (AvgIpc) is 3.07. The van der Waals surface area contributed by atoms with Crippen LogP contribution in [-0.4, -0.2) is 29.2 Å². The topological polar surface area (TPSA) is 66.5 Å². The quantitative estimate of drug-likeness (QED) is 0.699. The van der Waals surface area contributed by atoms with Crippen molar-refractivity contribution in [3.8, 4) is 0 Å². The van der Waals surface area contributed by atoms with E-state index in [1.807, 2.05) is 42.5 Å². The largest absolute Gasteiger partial charge is 0.326 e. The van der Waals surface area contributed by atoms with Gasteiger partial charge in [-0.05, 0) is 61.9 Å². The van der Waals surface area contributed by atoms with Gasteiger partial charge in [0.05, 0.1) is 0 Å². The SMILES string of the molecule is O=C(Nc1cccc(Sc2ccccc2)c1)C1CCC(CN2C(=O)C=CC2=O)CC1. The lowest BCUT2D eigenvalue weighted by molar-refractivity contribution is -0.138. The number of benzene rings is 2. The van der Waals surface area contributed by atoms with Crippen molar-refractivity contribution >= 4 is 35.2 Å². The van der Waals surface area contributed by atoms with Crippen molar-refractivity contribution in [3.63, 3.8) is 0 Å². The molecule has 154 valence electrons. The van der Waals surface area contributed by atoms with Gasteiger partial charge in [0.2, 0.25) is 5.91 Å². The van der Waals surface area contributed by atoms with Crippen LogP contribution in [0.15, 0.2) is 76.5 Å². The Labute approximate surface area is 180 Å². The molecule has 0 unspecified atom stereocenters. The Morgan fingerprint density at radius 1 is 0.900 bits per heavy atom. The van der Waals surface area contributed by atoms with Gasteiger partial charge in [-0.25, -0.2) is 0 Å². The fraction of sp³-hybridized carbons (Fsp3) is 0.292. The Kier molecular flexibility index (Phi) is 6.33. The summed E-state index contributed by atoms with van der Waals surface area (Å²) in [7, 11) is 0. The molecule has 1 heterocycles. The Morgan fingerprint density at radius 2 is 1.57 bits per heavy atom. The molecule has 0 spiro atoms. The summed E-state index contributed by atoms with van der Waals surface area (Å²) in [5.74, 6) is -0.172. The molecule has 4 rings (SSSR count). The van der Waals surface area contributed by atoms with Gasteiger partial charge in [-0.2, -0.15) is 0 Å². The van der Waals surface area contributed by atoms with Gasteiger partial charge >= 0.3 is 0 Å². The predicted molar refractivity (Wildman–Crippen MR) is 117 cm³/mol. The minimum Gasteiger partial charge on any atom is -0.326 e. The van der Waals surface area contributed by atoms with E-state index in [-0.39, 0.29) is 29.6 Å². The number of hydrogen-bond donors (Lipinski definition) is 1. The van der Waals surface area contributed by atoms with E-state index in [0.717, 1.165) is 41.2 Å². The minimum absolute atomic E-state index is 0.0326. The first kappa shape index (κ1) is 20.4. The van der Waals surface area contributed by atoms with Crippen molar-refractivity contribution in [2.24, 2.45) is 11.8 Å². The summed E-state index contributed by atoms with van der Waals surface area (Å²) in [5, 5.41) is 3.06. The maximum atomic E-state index is 12.7. The lowest BCUT2D eigenvalue weighted by Gasteiger charge is -2.30. The fourth-order valence-corrected chi connectivity index (χ4v) is 4.88. The van der Waals surface area contributed by atoms with Gasteiger partial charge < -0.3 is 5.32 Å². The summed E-state index contributed by atoms with van der Waals surface area (Å²) in [6.07, 6.45) is 5.90. The highest BCUT2D eigenvalue weighted by Crippen LogP contribution is 2.32. The molecule has 1 aliphatic carbocycles. The predicted octanol–water partition coefficient (Wildman–Crippen LogP) is 4.51. The van der Waals surface area contributed by atoms with E-state index in [0.29, 0.717) is 6.54 Å². The van der Waals surface area contributed by atoms with E-state index in [1.165, 1.54) is 17.1 Å². The number of rotatable bonds is 6. The highest BCUT2D eigenvalue weighted by molar-refractivity contribution is 7.99. The number of nitrogens with one attached hydrogen (secondary N) is 1. The lowest BCUT2D eigenvalue weighted by Crippen LogP contribution is -2.37. The van der Waals surface area contributed by atoms with E-state index in [4.69, 9.17) is 0 Å². The van der Waals surface area contributed by atoms with Gasteiger partial charge in [0.25, 0.3) is 11.8 Å². The minimum atomic E-state index is -0.229. The van der Waals surface area contributed by atoms with Crippen molar-refractivity contribution in [1.29, 1.82) is 0 Å². The highest BCUT2D eigenvalue weighted by Gasteiger charge is 2.31. The smallest absolute Gasteiger partial charge is 0.253 e. The van der Waals surface area contributed by atoms with Crippen LogP contribution >= 0.6 is 11.8 Å². The summed E-state index contributed by atoms with van der Waals surface area (Å²) in [6, 6.07) is 18.0. The Bertz CT molecular complexity index is 947. The maximum Gasteiger partial charge on any atom is 0.253 e. The second-order valence-electron chi connectivity index (χ2n) is 7.77. The van der Waals surface area contributed by atoms with E-state index in [1.54, 1.807) is 11.8 Å². The van der Waals surface area contributed by atoms with Gasteiger partial charge in [-0.3, -0.25) is 19.3 Å². The van der Waals surface area contributed by atoms with Crippen LogP contribution in [0.3, 0.4) is 0 Å². The molecular formula is C24H24N2O3S. The number of hydrogen-bond acceptors (Lipinski definition) is 4. The zero-order chi connectivity index (χ0) is 20.9. The van der Waals surface area contributed by atoms with Crippen molar-refractivity contribution in [2.75, 3.05) is 11.9 Å². The van der Waals surface area contributed by atoms with Crippen LogP contribution in [0.2, 0.25) is 0 Å². The number of carbonyl (C=O) groups excluding carboxylic acids is 3. The second-order valence-corrected chi connectivity index (χ2v) is 8.92. The van der Waals surface area contributed by atoms with Gasteiger partial charge in [-0.1, -0.05) is 36.0 Å². The van der Waals surface area contributed by atoms with Crippen LogP contribution in [0.25, 0.3) is 0 Å². The fourth-order valence-electron chi connectivity index (χ4n) is 3.98. The van der Waals surface area contributed by atoms with E-state index in [2.05, 4.69) is 17.4 Å². The average molecular weight is 421 g/mol. The van der Waals surface area contributed by atoms with Gasteiger partial charge in [0.15, 0.2) is 0 Å². The third-order valence-electron chi connectivity index (χ3n) is 5.64. The molecule has 5 nitrogen and oxygen atoms in total. The molecule has 2 aromatic rings. The van der Waals surface area contributed by atoms with Crippen LogP contribution in [0.1, 0.15) is 25.7 Å². The molecule has 1 fully saturated rings. The van der Waals surface area contributed by atoms with Crippen molar-refractivity contribution in [2.45, 2.75) is 35.5 Å². The number of imide groups is 1. The van der Waals surface area contributed by atoms with Crippen molar-refractivity contribution < 1.29 is 14.4 Å². The van der Waals surface area contributed by atoms with Crippen LogP contribution in [0.5, 0.6) is 0 Å². The number of nitrogens with zero attached hydrogens (tertiary/aromatic N) is 1. The molecule has 1 saturated carbocycles. The van der Waals surface area contributed by atoms with Crippen LogP contribution < -0.4 is 5.32 Å². The first-order chi connectivity index (χ1) is 14.6. The molecule has 0 atom stereocenters. The van der Waals surface area contributed by atoms with Gasteiger partial charge in [0, 0.05) is 40.1 Å². The molecule has 1 N–H and O–H groups in total. The molecule has 0 saturated heterocycles. The Morgan fingerprint density at radius 3 is 2.27 bits per heavy atom. The number of anilines is 1. The monoisotopic (exact) mass is 420 g/mol. The van der Waals surface area contributed by atoms with Crippen LogP contribution in [0.4, 0.5) is 5.69 Å². The summed E-state index contributed by atoms with van der Waals surface area (Å²) < 4.78 is 0. The zero-order valence-corrected chi connectivity index (χ0v) is 17.4. The summed E-state index contributed by atoms with van der Waals surface area (Å²) in [6.45, 7) is 0.456.